The molecule has 0 aliphatic heterocycles. The number of nitrogens with zero attached hydrogens (tertiary/aromatic N) is 2. The van der Waals surface area contributed by atoms with Crippen LogP contribution in [0.2, 0.25) is 5.02 Å². The lowest BCUT2D eigenvalue weighted by Crippen LogP contribution is -2.44. The van der Waals surface area contributed by atoms with E-state index in [-0.39, 0.29) is 5.11 Å². The predicted octanol–water partition coefficient (Wildman–Crippen LogP) is 0.686. The van der Waals surface area contributed by atoms with Gasteiger partial charge in [0, 0.05) is 26.2 Å². The van der Waals surface area contributed by atoms with Gasteiger partial charge in [0.15, 0.2) is 11.1 Å². The Morgan fingerprint density at radius 3 is 3.00 bits per heavy atom. The molecule has 0 atom stereocenters. The lowest BCUT2D eigenvalue weighted by molar-refractivity contribution is 0.826. The van der Waals surface area contributed by atoms with Crippen molar-refractivity contribution in [3.63, 3.8) is 0 Å². The smallest absolute Gasteiger partial charge is 0.197 e. The van der Waals surface area contributed by atoms with Crippen LogP contribution in [0.3, 0.4) is 0 Å². The standard InChI is InChI=1S/C10H14ClN5S/c1-13-10(16-9(12)17)15-6-4-8-7(11)3-2-5-14-8/h2-3,5H,4,6H2,1H3,(H4,12,13,15,16,17). The molecule has 0 aliphatic carbocycles. The highest BCUT2D eigenvalue weighted by Crippen LogP contribution is 2.11. The van der Waals surface area contributed by atoms with Gasteiger partial charge < -0.3 is 16.4 Å². The summed E-state index contributed by atoms with van der Waals surface area (Å²) < 4.78 is 0. The van der Waals surface area contributed by atoms with Crippen molar-refractivity contribution in [3.8, 4) is 0 Å². The second-order valence-electron chi connectivity index (χ2n) is 3.17. The van der Waals surface area contributed by atoms with Crippen molar-refractivity contribution in [1.82, 2.24) is 15.6 Å². The molecule has 1 rings (SSSR count). The monoisotopic (exact) mass is 271 g/mol. The van der Waals surface area contributed by atoms with Gasteiger partial charge in [-0.1, -0.05) is 11.6 Å². The number of aliphatic imine (C=N–C) groups is 1. The van der Waals surface area contributed by atoms with Crippen LogP contribution in [0.5, 0.6) is 0 Å². The quantitative estimate of drug-likeness (QED) is 0.428. The van der Waals surface area contributed by atoms with Crippen molar-refractivity contribution in [3.05, 3.63) is 29.0 Å². The Bertz CT molecular complexity index is 421. The van der Waals surface area contributed by atoms with Crippen LogP contribution in [-0.2, 0) is 6.42 Å². The van der Waals surface area contributed by atoms with Crippen LogP contribution in [0.15, 0.2) is 23.3 Å². The summed E-state index contributed by atoms with van der Waals surface area (Å²) in [4.78, 5) is 8.13. The highest BCUT2D eigenvalue weighted by Gasteiger charge is 2.02. The third-order valence-corrected chi connectivity index (χ3v) is 2.40. The normalized spacial score (nSPS) is 11.1. The fourth-order valence-electron chi connectivity index (χ4n) is 1.20. The Kier molecular flexibility index (Phi) is 5.65. The summed E-state index contributed by atoms with van der Waals surface area (Å²) in [5.41, 5.74) is 6.18. The number of rotatable bonds is 3. The van der Waals surface area contributed by atoms with E-state index in [0.29, 0.717) is 23.9 Å². The molecule has 0 amide bonds. The molecule has 4 N–H and O–H groups in total. The Balaban J connectivity index is 2.42. The zero-order chi connectivity index (χ0) is 12.7. The van der Waals surface area contributed by atoms with E-state index in [4.69, 9.17) is 29.6 Å². The van der Waals surface area contributed by atoms with E-state index in [9.17, 15) is 0 Å². The molecule has 0 spiro atoms. The molecule has 0 unspecified atom stereocenters. The van der Waals surface area contributed by atoms with Crippen molar-refractivity contribution in [2.75, 3.05) is 13.6 Å². The van der Waals surface area contributed by atoms with Crippen LogP contribution >= 0.6 is 23.8 Å². The molecule has 7 heteroatoms. The predicted molar refractivity (Wildman–Crippen MR) is 74.2 cm³/mol. The Morgan fingerprint density at radius 1 is 1.65 bits per heavy atom. The largest absolute Gasteiger partial charge is 0.376 e. The highest BCUT2D eigenvalue weighted by atomic mass is 35.5. The molecule has 0 aromatic carbocycles. The molecule has 0 saturated heterocycles. The van der Waals surface area contributed by atoms with Gasteiger partial charge in [0.05, 0.1) is 10.7 Å². The Hall–Kier alpha value is -1.40. The maximum atomic E-state index is 5.98. The number of aromatic nitrogens is 1. The molecule has 0 aliphatic rings. The summed E-state index contributed by atoms with van der Waals surface area (Å²) in [6, 6.07) is 3.61. The summed E-state index contributed by atoms with van der Waals surface area (Å²) >= 11 is 10.7. The van der Waals surface area contributed by atoms with Gasteiger partial charge in [0.25, 0.3) is 0 Å². The first-order valence-corrected chi connectivity index (χ1v) is 5.78. The Labute approximate surface area is 110 Å². The van der Waals surface area contributed by atoms with Gasteiger partial charge in [-0.2, -0.15) is 0 Å². The summed E-state index contributed by atoms with van der Waals surface area (Å²) in [5.74, 6) is 0.532. The lowest BCUT2D eigenvalue weighted by atomic mass is 10.3. The zero-order valence-electron chi connectivity index (χ0n) is 9.40. The fourth-order valence-corrected chi connectivity index (χ4v) is 1.51. The van der Waals surface area contributed by atoms with E-state index in [0.717, 1.165) is 5.69 Å². The third-order valence-electron chi connectivity index (χ3n) is 1.95. The summed E-state index contributed by atoms with van der Waals surface area (Å²) in [6.07, 6.45) is 2.40. The molecule has 1 aromatic rings. The van der Waals surface area contributed by atoms with E-state index >= 15 is 0 Å². The molecular weight excluding hydrogens is 258 g/mol. The van der Waals surface area contributed by atoms with Crippen molar-refractivity contribution in [2.24, 2.45) is 10.7 Å². The second-order valence-corrected chi connectivity index (χ2v) is 4.02. The van der Waals surface area contributed by atoms with Crippen molar-refractivity contribution < 1.29 is 0 Å². The molecule has 17 heavy (non-hydrogen) atoms. The molecule has 0 saturated carbocycles. The number of hydrogen-bond donors (Lipinski definition) is 3. The van der Waals surface area contributed by atoms with Gasteiger partial charge >= 0.3 is 0 Å². The topological polar surface area (TPSA) is 75.3 Å². The van der Waals surface area contributed by atoms with E-state index in [1.807, 2.05) is 6.07 Å². The molecule has 0 fully saturated rings. The van der Waals surface area contributed by atoms with Crippen LogP contribution in [0, 0.1) is 0 Å². The van der Waals surface area contributed by atoms with E-state index in [2.05, 4.69) is 20.6 Å². The van der Waals surface area contributed by atoms with Crippen LogP contribution < -0.4 is 16.4 Å². The summed E-state index contributed by atoms with van der Waals surface area (Å²) in [7, 11) is 1.64. The molecule has 0 radical (unpaired) electrons. The zero-order valence-corrected chi connectivity index (χ0v) is 11.0. The Morgan fingerprint density at radius 2 is 2.41 bits per heavy atom. The first kappa shape index (κ1) is 13.7. The molecule has 0 bridgehead atoms. The minimum atomic E-state index is 0.175. The van der Waals surface area contributed by atoms with E-state index < -0.39 is 0 Å². The van der Waals surface area contributed by atoms with Crippen molar-refractivity contribution >= 4 is 34.9 Å². The van der Waals surface area contributed by atoms with Crippen molar-refractivity contribution in [2.45, 2.75) is 6.42 Å². The number of pyridine rings is 1. The van der Waals surface area contributed by atoms with Crippen LogP contribution in [0.25, 0.3) is 0 Å². The summed E-state index contributed by atoms with van der Waals surface area (Å²) in [5, 5.41) is 6.61. The molecular formula is C10H14ClN5S. The number of thiocarbonyl (C=S) groups is 1. The number of hydrogen-bond acceptors (Lipinski definition) is 3. The highest BCUT2D eigenvalue weighted by molar-refractivity contribution is 7.80. The van der Waals surface area contributed by atoms with Gasteiger partial charge in [-0.3, -0.25) is 9.98 Å². The van der Waals surface area contributed by atoms with Gasteiger partial charge in [-0.15, -0.1) is 0 Å². The van der Waals surface area contributed by atoms with Crippen LogP contribution in [0.1, 0.15) is 5.69 Å². The minimum Gasteiger partial charge on any atom is -0.376 e. The SMILES string of the molecule is CN=C(NCCc1ncccc1Cl)NC(N)=S. The van der Waals surface area contributed by atoms with Gasteiger partial charge in [0.2, 0.25) is 0 Å². The van der Waals surface area contributed by atoms with Gasteiger partial charge in [-0.05, 0) is 24.4 Å². The molecule has 1 aromatic heterocycles. The average Bonchev–Trinajstić information content (AvgIpc) is 2.29. The van der Waals surface area contributed by atoms with E-state index in [1.165, 1.54) is 0 Å². The maximum Gasteiger partial charge on any atom is 0.197 e. The maximum absolute atomic E-state index is 5.98. The molecule has 92 valence electrons. The number of nitrogens with one attached hydrogen (secondary N) is 2. The van der Waals surface area contributed by atoms with Gasteiger partial charge in [-0.25, -0.2) is 0 Å². The fraction of sp³-hybridized carbons (Fsp3) is 0.300. The first-order valence-electron chi connectivity index (χ1n) is 5.00. The first-order chi connectivity index (χ1) is 8.13. The van der Waals surface area contributed by atoms with Gasteiger partial charge in [0.1, 0.15) is 0 Å². The van der Waals surface area contributed by atoms with Crippen LogP contribution in [0.4, 0.5) is 0 Å². The third kappa shape index (κ3) is 4.97. The minimum absolute atomic E-state index is 0.175. The number of halogens is 1. The summed E-state index contributed by atoms with van der Waals surface area (Å²) in [6.45, 7) is 0.638. The van der Waals surface area contributed by atoms with E-state index in [1.54, 1.807) is 19.3 Å². The average molecular weight is 272 g/mol. The number of nitrogens with two attached hydrogens (primary N) is 1. The second kappa shape index (κ2) is 7.03. The molecule has 5 nitrogen and oxygen atoms in total. The van der Waals surface area contributed by atoms with Crippen molar-refractivity contribution in [1.29, 1.82) is 0 Å². The molecule has 1 heterocycles. The van der Waals surface area contributed by atoms with Crippen LogP contribution in [-0.4, -0.2) is 29.6 Å². The lowest BCUT2D eigenvalue weighted by Gasteiger charge is -2.10. The number of guanidine groups is 1.